The van der Waals surface area contributed by atoms with Crippen LogP contribution in [0.1, 0.15) is 11.1 Å². The van der Waals surface area contributed by atoms with Gasteiger partial charge in [0.05, 0.1) is 15.9 Å². The third-order valence-electron chi connectivity index (χ3n) is 1.58. The Bertz CT molecular complexity index is 453. The van der Waals surface area contributed by atoms with Gasteiger partial charge in [-0.05, 0) is 11.6 Å². The highest BCUT2D eigenvalue weighted by Crippen LogP contribution is 2.07. The average Bonchev–Trinajstić information content (AvgIpc) is 2.01. The van der Waals surface area contributed by atoms with Crippen molar-refractivity contribution in [3.05, 3.63) is 35.4 Å². The quantitative estimate of drug-likeness (QED) is 0.419. The molecule has 0 spiro atoms. The van der Waals surface area contributed by atoms with Crippen molar-refractivity contribution >= 4 is 16.0 Å². The standard InChI is InChI=1S/C8H10N2O3S/c9-8(10)7-3-1-2-6(4-7)5-14(11,12)13/h1-4H,5H2,(H3,9,10)(H,11,12,13)/p-1. The van der Waals surface area contributed by atoms with E-state index in [0.29, 0.717) is 11.1 Å². The first-order chi connectivity index (χ1) is 6.38. The van der Waals surface area contributed by atoms with Gasteiger partial charge in [-0.3, -0.25) is 5.41 Å². The Kier molecular flexibility index (Phi) is 2.87. The van der Waals surface area contributed by atoms with Crippen molar-refractivity contribution in [2.45, 2.75) is 5.75 Å². The van der Waals surface area contributed by atoms with Crippen LogP contribution in [0.3, 0.4) is 0 Å². The van der Waals surface area contributed by atoms with Crippen LogP contribution >= 0.6 is 0 Å². The lowest BCUT2D eigenvalue weighted by molar-refractivity contribution is 0.462. The zero-order valence-corrected chi connectivity index (χ0v) is 8.04. The molecule has 0 amide bonds. The van der Waals surface area contributed by atoms with Gasteiger partial charge in [-0.15, -0.1) is 0 Å². The summed E-state index contributed by atoms with van der Waals surface area (Å²) in [6, 6.07) is 6.04. The van der Waals surface area contributed by atoms with Gasteiger partial charge in [0.2, 0.25) is 0 Å². The summed E-state index contributed by atoms with van der Waals surface area (Å²) in [5.41, 5.74) is 5.95. The van der Waals surface area contributed by atoms with Crippen LogP contribution in [-0.2, 0) is 15.9 Å². The van der Waals surface area contributed by atoms with Crippen molar-refractivity contribution in [1.82, 2.24) is 0 Å². The van der Waals surface area contributed by atoms with Gasteiger partial charge in [0.15, 0.2) is 0 Å². The Labute approximate surface area is 81.8 Å². The van der Waals surface area contributed by atoms with E-state index in [0.717, 1.165) is 0 Å². The lowest BCUT2D eigenvalue weighted by Gasteiger charge is -2.07. The molecular weight excluding hydrogens is 204 g/mol. The van der Waals surface area contributed by atoms with Crippen LogP contribution in [0.2, 0.25) is 0 Å². The monoisotopic (exact) mass is 213 g/mol. The largest absolute Gasteiger partial charge is 0.748 e. The number of benzene rings is 1. The predicted octanol–water partition coefficient (Wildman–Crippen LogP) is 0.0159. The molecule has 5 nitrogen and oxygen atoms in total. The van der Waals surface area contributed by atoms with Gasteiger partial charge in [0.1, 0.15) is 5.84 Å². The maximum absolute atomic E-state index is 10.4. The summed E-state index contributed by atoms with van der Waals surface area (Å²) >= 11 is 0. The van der Waals surface area contributed by atoms with Gasteiger partial charge in [-0.2, -0.15) is 0 Å². The first-order valence-electron chi connectivity index (χ1n) is 3.75. The molecule has 1 aromatic rings. The third-order valence-corrected chi connectivity index (χ3v) is 2.27. The number of nitrogens with one attached hydrogen (secondary N) is 1. The Balaban J connectivity index is 3.01. The smallest absolute Gasteiger partial charge is 0.122 e. The minimum atomic E-state index is -4.28. The van der Waals surface area contributed by atoms with E-state index >= 15 is 0 Å². The molecule has 0 saturated carbocycles. The minimum Gasteiger partial charge on any atom is -0.748 e. The van der Waals surface area contributed by atoms with Crippen LogP contribution in [0.25, 0.3) is 0 Å². The van der Waals surface area contributed by atoms with Crippen LogP contribution in [-0.4, -0.2) is 18.8 Å². The number of nitrogen functional groups attached to an aromatic ring is 1. The first-order valence-corrected chi connectivity index (χ1v) is 5.33. The van der Waals surface area contributed by atoms with Crippen molar-refractivity contribution < 1.29 is 13.0 Å². The molecule has 0 fully saturated rings. The van der Waals surface area contributed by atoms with Crippen LogP contribution in [0.15, 0.2) is 24.3 Å². The fourth-order valence-electron chi connectivity index (χ4n) is 1.03. The van der Waals surface area contributed by atoms with Gasteiger partial charge in [-0.25, -0.2) is 8.42 Å². The van der Waals surface area contributed by atoms with Crippen molar-refractivity contribution in [3.8, 4) is 0 Å². The van der Waals surface area contributed by atoms with Crippen molar-refractivity contribution in [2.24, 2.45) is 5.73 Å². The molecule has 0 bridgehead atoms. The number of hydrogen-bond acceptors (Lipinski definition) is 4. The van der Waals surface area contributed by atoms with Crippen molar-refractivity contribution in [3.63, 3.8) is 0 Å². The second-order valence-electron chi connectivity index (χ2n) is 2.82. The second kappa shape index (κ2) is 3.77. The van der Waals surface area contributed by atoms with Crippen LogP contribution in [0.5, 0.6) is 0 Å². The molecule has 0 atom stereocenters. The van der Waals surface area contributed by atoms with Crippen molar-refractivity contribution in [2.75, 3.05) is 0 Å². The minimum absolute atomic E-state index is 0.157. The lowest BCUT2D eigenvalue weighted by Crippen LogP contribution is -2.11. The highest BCUT2D eigenvalue weighted by molar-refractivity contribution is 7.84. The molecule has 0 saturated heterocycles. The first kappa shape index (κ1) is 10.7. The fraction of sp³-hybridized carbons (Fsp3) is 0.125. The Hall–Kier alpha value is -1.40. The molecule has 0 radical (unpaired) electrons. The molecule has 0 unspecified atom stereocenters. The molecule has 76 valence electrons. The Morgan fingerprint density at radius 3 is 2.64 bits per heavy atom. The van der Waals surface area contributed by atoms with E-state index in [1.807, 2.05) is 0 Å². The van der Waals surface area contributed by atoms with E-state index in [4.69, 9.17) is 11.1 Å². The van der Waals surface area contributed by atoms with E-state index in [1.165, 1.54) is 12.1 Å². The molecular formula is C8H9N2O3S-. The zero-order chi connectivity index (χ0) is 10.8. The van der Waals surface area contributed by atoms with Gasteiger partial charge in [-0.1, -0.05) is 18.2 Å². The van der Waals surface area contributed by atoms with E-state index in [1.54, 1.807) is 12.1 Å². The molecule has 0 heterocycles. The van der Waals surface area contributed by atoms with Gasteiger partial charge >= 0.3 is 0 Å². The van der Waals surface area contributed by atoms with E-state index in [2.05, 4.69) is 0 Å². The highest BCUT2D eigenvalue weighted by Gasteiger charge is 2.01. The Morgan fingerprint density at radius 2 is 2.14 bits per heavy atom. The summed E-state index contributed by atoms with van der Waals surface area (Å²) in [6.45, 7) is 0. The number of hydrogen-bond donors (Lipinski definition) is 2. The summed E-state index contributed by atoms with van der Waals surface area (Å²) < 4.78 is 31.3. The molecule has 0 aliphatic carbocycles. The van der Waals surface area contributed by atoms with E-state index in [9.17, 15) is 13.0 Å². The Morgan fingerprint density at radius 1 is 1.50 bits per heavy atom. The van der Waals surface area contributed by atoms with Crippen LogP contribution in [0, 0.1) is 5.41 Å². The molecule has 6 heteroatoms. The average molecular weight is 213 g/mol. The normalized spacial score (nSPS) is 11.2. The maximum atomic E-state index is 10.4. The van der Waals surface area contributed by atoms with E-state index < -0.39 is 15.9 Å². The number of amidine groups is 1. The molecule has 3 N–H and O–H groups in total. The number of nitrogens with two attached hydrogens (primary N) is 1. The van der Waals surface area contributed by atoms with Crippen LogP contribution in [0.4, 0.5) is 0 Å². The molecule has 0 aliphatic rings. The molecule has 1 rings (SSSR count). The summed E-state index contributed by atoms with van der Waals surface area (Å²) in [7, 11) is -4.28. The third kappa shape index (κ3) is 3.15. The van der Waals surface area contributed by atoms with E-state index in [-0.39, 0.29) is 5.84 Å². The SMILES string of the molecule is N=C(N)c1cccc(CS(=O)(=O)[O-])c1. The fourth-order valence-corrected chi connectivity index (χ4v) is 1.62. The van der Waals surface area contributed by atoms with Crippen LogP contribution < -0.4 is 5.73 Å². The van der Waals surface area contributed by atoms with Gasteiger partial charge in [0, 0.05) is 5.56 Å². The summed E-state index contributed by atoms with van der Waals surface area (Å²) in [5, 5.41) is 7.11. The summed E-state index contributed by atoms with van der Waals surface area (Å²) in [6.07, 6.45) is 0. The second-order valence-corrected chi connectivity index (χ2v) is 4.22. The molecule has 0 aromatic heterocycles. The van der Waals surface area contributed by atoms with Crippen molar-refractivity contribution in [1.29, 1.82) is 5.41 Å². The topological polar surface area (TPSA) is 107 Å². The maximum Gasteiger partial charge on any atom is 0.122 e. The summed E-state index contributed by atoms with van der Waals surface area (Å²) in [5.74, 6) is -0.733. The van der Waals surface area contributed by atoms with Gasteiger partial charge < -0.3 is 10.3 Å². The molecule has 0 aliphatic heterocycles. The zero-order valence-electron chi connectivity index (χ0n) is 7.23. The highest BCUT2D eigenvalue weighted by atomic mass is 32.2. The summed E-state index contributed by atoms with van der Waals surface area (Å²) in [4.78, 5) is 0. The number of rotatable bonds is 3. The van der Waals surface area contributed by atoms with Gasteiger partial charge in [0.25, 0.3) is 0 Å². The molecule has 1 aromatic carbocycles. The lowest BCUT2D eigenvalue weighted by atomic mass is 10.1. The molecule has 14 heavy (non-hydrogen) atoms. The predicted molar refractivity (Wildman–Crippen MR) is 50.9 cm³/mol.